The number of carbonyl (C=O) groups is 1. The number of nitrogens with zero attached hydrogens (tertiary/aromatic N) is 5. The monoisotopic (exact) mass is 458 g/mol. The van der Waals surface area contributed by atoms with Crippen molar-refractivity contribution < 1.29 is 14.3 Å². The van der Waals surface area contributed by atoms with Gasteiger partial charge in [-0.05, 0) is 31.5 Å². The molecule has 172 valence electrons. The Labute approximate surface area is 194 Å². The predicted octanol–water partition coefficient (Wildman–Crippen LogP) is 2.79. The number of aliphatic hydroxyl groups is 1. The van der Waals surface area contributed by atoms with E-state index in [0.717, 1.165) is 5.56 Å². The highest BCUT2D eigenvalue weighted by Gasteiger charge is 2.36. The Morgan fingerprint density at radius 3 is 2.68 bits per heavy atom. The van der Waals surface area contributed by atoms with E-state index >= 15 is 0 Å². The molecule has 4 N–H and O–H groups in total. The molecule has 0 bridgehead atoms. The van der Waals surface area contributed by atoms with Crippen LogP contribution in [0, 0.1) is 0 Å². The van der Waals surface area contributed by atoms with Gasteiger partial charge in [-0.1, -0.05) is 30.3 Å². The van der Waals surface area contributed by atoms with Crippen molar-refractivity contribution in [2.75, 3.05) is 17.2 Å². The summed E-state index contributed by atoms with van der Waals surface area (Å²) in [5.74, 6) is 1.23. The van der Waals surface area contributed by atoms with Crippen LogP contribution in [0.15, 0.2) is 59.5 Å². The first kappa shape index (κ1) is 21.5. The number of hydrogen-bond donors (Lipinski definition) is 4. The predicted molar refractivity (Wildman–Crippen MR) is 123 cm³/mol. The van der Waals surface area contributed by atoms with Crippen LogP contribution in [-0.4, -0.2) is 42.8 Å². The van der Waals surface area contributed by atoms with E-state index in [1.807, 2.05) is 44.2 Å². The number of pyridine rings is 1. The summed E-state index contributed by atoms with van der Waals surface area (Å²) in [7, 11) is 0. The zero-order valence-electron chi connectivity index (χ0n) is 18.5. The lowest BCUT2D eigenvalue weighted by molar-refractivity contribution is 0.0940. The van der Waals surface area contributed by atoms with Crippen LogP contribution in [0.4, 0.5) is 17.6 Å². The zero-order valence-corrected chi connectivity index (χ0v) is 18.5. The quantitative estimate of drug-likeness (QED) is 0.325. The first-order valence-corrected chi connectivity index (χ1v) is 10.6. The smallest absolute Gasteiger partial charge is 0.253 e. The van der Waals surface area contributed by atoms with Crippen LogP contribution >= 0.6 is 0 Å². The third kappa shape index (κ3) is 4.04. The summed E-state index contributed by atoms with van der Waals surface area (Å²) in [5.41, 5.74) is 1.97. The molecular weight excluding hydrogens is 436 g/mol. The van der Waals surface area contributed by atoms with Crippen LogP contribution in [0.2, 0.25) is 0 Å². The number of amides is 1. The maximum Gasteiger partial charge on any atom is 0.253 e. The fraction of sp³-hybridized carbons (Fsp3) is 0.217. The molecule has 0 unspecified atom stereocenters. The summed E-state index contributed by atoms with van der Waals surface area (Å²) in [5, 5.41) is 26.9. The number of benzene rings is 1. The summed E-state index contributed by atoms with van der Waals surface area (Å²) in [4.78, 5) is 25.7. The van der Waals surface area contributed by atoms with Crippen LogP contribution in [0.1, 0.15) is 41.5 Å². The molecule has 0 radical (unpaired) electrons. The third-order valence-corrected chi connectivity index (χ3v) is 5.47. The number of aromatic nitrogens is 5. The van der Waals surface area contributed by atoms with Crippen molar-refractivity contribution in [2.45, 2.75) is 25.4 Å². The van der Waals surface area contributed by atoms with E-state index in [-0.39, 0.29) is 24.4 Å². The Balaban J connectivity index is 1.48. The van der Waals surface area contributed by atoms with Crippen molar-refractivity contribution >= 4 is 23.5 Å². The molecule has 0 saturated carbocycles. The van der Waals surface area contributed by atoms with Crippen molar-refractivity contribution in [3.05, 3.63) is 71.9 Å². The summed E-state index contributed by atoms with van der Waals surface area (Å²) in [6.07, 6.45) is 2.77. The number of rotatable bonds is 7. The average molecular weight is 458 g/mol. The topological polar surface area (TPSA) is 151 Å². The number of anilines is 3. The lowest BCUT2D eigenvalue weighted by Crippen LogP contribution is -2.33. The molecule has 5 rings (SSSR count). The first-order valence-electron chi connectivity index (χ1n) is 10.6. The minimum Gasteiger partial charge on any atom is -0.423 e. The lowest BCUT2D eigenvalue weighted by Gasteiger charge is -2.20. The second-order valence-electron chi connectivity index (χ2n) is 8.29. The molecule has 34 heavy (non-hydrogen) atoms. The van der Waals surface area contributed by atoms with E-state index in [0.29, 0.717) is 28.5 Å². The Hall–Kier alpha value is -4.38. The van der Waals surface area contributed by atoms with Crippen LogP contribution in [-0.2, 0) is 5.54 Å². The van der Waals surface area contributed by atoms with Gasteiger partial charge in [-0.15, -0.1) is 10.2 Å². The van der Waals surface area contributed by atoms with Gasteiger partial charge in [0.15, 0.2) is 0 Å². The van der Waals surface area contributed by atoms with Gasteiger partial charge < -0.3 is 25.5 Å². The molecule has 1 aliphatic rings. The molecule has 4 aromatic rings. The molecule has 11 nitrogen and oxygen atoms in total. The minimum absolute atomic E-state index is 0.151. The van der Waals surface area contributed by atoms with Crippen LogP contribution in [0.5, 0.6) is 0 Å². The Kier molecular flexibility index (Phi) is 5.38. The second-order valence-corrected chi connectivity index (χ2v) is 8.29. The fourth-order valence-electron chi connectivity index (χ4n) is 3.80. The Bertz CT molecular complexity index is 1330. The van der Waals surface area contributed by atoms with E-state index in [2.05, 4.69) is 41.1 Å². The molecule has 1 amide bonds. The van der Waals surface area contributed by atoms with E-state index in [1.54, 1.807) is 18.3 Å². The Morgan fingerprint density at radius 2 is 1.94 bits per heavy atom. The van der Waals surface area contributed by atoms with Crippen molar-refractivity contribution in [1.29, 1.82) is 0 Å². The van der Waals surface area contributed by atoms with Gasteiger partial charge in [-0.25, -0.2) is 9.97 Å². The largest absolute Gasteiger partial charge is 0.423 e. The van der Waals surface area contributed by atoms with Gasteiger partial charge in [0.25, 0.3) is 11.8 Å². The molecule has 0 aliphatic carbocycles. The van der Waals surface area contributed by atoms with Crippen LogP contribution in [0.25, 0.3) is 11.5 Å². The summed E-state index contributed by atoms with van der Waals surface area (Å²) >= 11 is 0. The molecule has 0 saturated heterocycles. The zero-order chi connectivity index (χ0) is 23.7. The van der Waals surface area contributed by atoms with E-state index in [4.69, 9.17) is 4.42 Å². The maximum absolute atomic E-state index is 12.1. The molecule has 1 atom stereocenters. The summed E-state index contributed by atoms with van der Waals surface area (Å²) in [6.45, 7) is 3.62. The molecule has 1 aliphatic heterocycles. The normalized spacial score (nSPS) is 14.9. The average Bonchev–Trinajstić information content (AvgIpc) is 3.44. The van der Waals surface area contributed by atoms with Crippen molar-refractivity contribution in [3.8, 4) is 11.5 Å². The minimum atomic E-state index is -0.580. The van der Waals surface area contributed by atoms with Gasteiger partial charge >= 0.3 is 0 Å². The van der Waals surface area contributed by atoms with Crippen LogP contribution in [0.3, 0.4) is 0 Å². The number of hydrogen-bond acceptors (Lipinski definition) is 10. The highest BCUT2D eigenvalue weighted by Crippen LogP contribution is 2.31. The number of fused-ring (bicyclic) bond motifs is 1. The van der Waals surface area contributed by atoms with Gasteiger partial charge in [0.05, 0.1) is 35.0 Å². The summed E-state index contributed by atoms with van der Waals surface area (Å²) in [6, 6.07) is 12.5. The second kappa shape index (κ2) is 8.52. The fourth-order valence-corrected chi connectivity index (χ4v) is 3.80. The van der Waals surface area contributed by atoms with Crippen molar-refractivity contribution in [2.24, 2.45) is 0 Å². The van der Waals surface area contributed by atoms with Gasteiger partial charge in [0.2, 0.25) is 12.3 Å². The molecule has 0 spiro atoms. The lowest BCUT2D eigenvalue weighted by atomic mass is 10.0. The SMILES string of the molecule is CC1(C)NC(=O)c2ccc(Nc3ncc(-c4nnco4)c(N[C@H](CO)c4ccccc4)n3)nc21. The van der Waals surface area contributed by atoms with Crippen molar-refractivity contribution in [1.82, 2.24) is 30.5 Å². The maximum atomic E-state index is 12.1. The molecular formula is C23H22N8O3. The molecule has 1 aromatic carbocycles. The van der Waals surface area contributed by atoms with Gasteiger partial charge in [0, 0.05) is 6.20 Å². The molecule has 11 heteroatoms. The third-order valence-electron chi connectivity index (χ3n) is 5.47. The van der Waals surface area contributed by atoms with E-state index < -0.39 is 11.6 Å². The van der Waals surface area contributed by atoms with Gasteiger partial charge in [-0.3, -0.25) is 4.79 Å². The van der Waals surface area contributed by atoms with E-state index in [1.165, 1.54) is 6.39 Å². The molecule has 0 fully saturated rings. The number of aliphatic hydroxyl groups excluding tert-OH is 1. The number of nitrogens with one attached hydrogen (secondary N) is 3. The number of carbonyl (C=O) groups excluding carboxylic acids is 1. The summed E-state index contributed by atoms with van der Waals surface area (Å²) < 4.78 is 5.35. The van der Waals surface area contributed by atoms with Gasteiger partial charge in [0.1, 0.15) is 11.6 Å². The molecule has 3 aromatic heterocycles. The van der Waals surface area contributed by atoms with Gasteiger partial charge in [-0.2, -0.15) is 4.98 Å². The highest BCUT2D eigenvalue weighted by molar-refractivity contribution is 5.99. The molecule has 4 heterocycles. The highest BCUT2D eigenvalue weighted by atomic mass is 16.4. The Morgan fingerprint density at radius 1 is 1.12 bits per heavy atom. The standard InChI is InChI=1S/C23H22N8O3/c1-23(2)18-14(20(33)30-23)8-9-17(27-18)28-22-24-10-15(21-31-25-12-34-21)19(29-22)26-16(11-32)13-6-4-3-5-7-13/h3-10,12,16,32H,11H2,1-2H3,(H,30,33)(H2,24,26,27,28,29)/t16-/m1/s1. The van der Waals surface area contributed by atoms with Crippen molar-refractivity contribution in [3.63, 3.8) is 0 Å². The van der Waals surface area contributed by atoms with Crippen LogP contribution < -0.4 is 16.0 Å². The first-order chi connectivity index (χ1) is 16.4. The van der Waals surface area contributed by atoms with E-state index in [9.17, 15) is 9.90 Å².